The minimum Gasteiger partial charge on any atom is -0.303 e. The highest BCUT2D eigenvalue weighted by Gasteiger charge is 2.35. The maximum absolute atomic E-state index is 13.3. The maximum Gasteiger partial charge on any atom is 0.114 e. The molecule has 16 heavy (non-hydrogen) atoms. The zero-order valence-corrected chi connectivity index (χ0v) is 10.8. The van der Waals surface area contributed by atoms with Crippen LogP contribution in [0.2, 0.25) is 0 Å². The molecule has 0 aliphatic carbocycles. The first kappa shape index (κ1) is 12.3. The number of alkyl halides is 1. The summed E-state index contributed by atoms with van der Waals surface area (Å²) in [6.45, 7) is 4.12. The van der Waals surface area contributed by atoms with Crippen molar-refractivity contribution >= 4 is 0 Å². The topological polar surface area (TPSA) is 6.48 Å². The van der Waals surface area contributed by atoms with Gasteiger partial charge >= 0.3 is 0 Å². The van der Waals surface area contributed by atoms with Crippen LogP contribution < -0.4 is 0 Å². The van der Waals surface area contributed by atoms with E-state index in [0.717, 1.165) is 18.4 Å². The normalized spacial score (nSPS) is 42.0. The molecule has 0 aromatic carbocycles. The maximum atomic E-state index is 13.3. The van der Waals surface area contributed by atoms with Crippen molar-refractivity contribution in [1.82, 2.24) is 9.80 Å². The Morgan fingerprint density at radius 3 is 2.25 bits per heavy atom. The van der Waals surface area contributed by atoms with Crippen molar-refractivity contribution in [3.05, 3.63) is 0 Å². The number of hydrogen-bond acceptors (Lipinski definition) is 2. The zero-order chi connectivity index (χ0) is 11.7. The van der Waals surface area contributed by atoms with E-state index >= 15 is 0 Å². The smallest absolute Gasteiger partial charge is 0.114 e. The van der Waals surface area contributed by atoms with Crippen molar-refractivity contribution in [2.45, 2.75) is 50.9 Å². The average Bonchev–Trinajstić information content (AvgIpc) is 2.71. The first-order valence-electron chi connectivity index (χ1n) is 6.64. The summed E-state index contributed by atoms with van der Waals surface area (Å²) < 4.78 is 13.3. The van der Waals surface area contributed by atoms with E-state index in [1.54, 1.807) is 0 Å². The van der Waals surface area contributed by atoms with E-state index < -0.39 is 6.17 Å². The first-order chi connectivity index (χ1) is 7.60. The third-order valence-electron chi connectivity index (χ3n) is 4.49. The van der Waals surface area contributed by atoms with Gasteiger partial charge in [0, 0.05) is 25.2 Å². The van der Waals surface area contributed by atoms with Gasteiger partial charge in [-0.25, -0.2) is 4.39 Å². The summed E-state index contributed by atoms with van der Waals surface area (Å²) in [5, 5.41) is 0. The highest BCUT2D eigenvalue weighted by Crippen LogP contribution is 2.31. The van der Waals surface area contributed by atoms with E-state index in [4.69, 9.17) is 0 Å². The summed E-state index contributed by atoms with van der Waals surface area (Å²) in [5.74, 6) is 0.785. The van der Waals surface area contributed by atoms with Gasteiger partial charge in [0.2, 0.25) is 0 Å². The summed E-state index contributed by atoms with van der Waals surface area (Å²) in [6.07, 6.45) is 3.93. The van der Waals surface area contributed by atoms with Gasteiger partial charge in [0.25, 0.3) is 0 Å². The second-order valence-electron chi connectivity index (χ2n) is 5.77. The molecule has 2 aliphatic rings. The second kappa shape index (κ2) is 5.01. The Bertz CT molecular complexity index is 234. The Balaban J connectivity index is 1.82. The van der Waals surface area contributed by atoms with Gasteiger partial charge in [-0.1, -0.05) is 6.92 Å². The van der Waals surface area contributed by atoms with Crippen LogP contribution in [0.25, 0.3) is 0 Å². The lowest BCUT2D eigenvalue weighted by atomic mass is 9.95. The van der Waals surface area contributed by atoms with Crippen molar-refractivity contribution < 1.29 is 4.39 Å². The molecular formula is C13H25FN2. The summed E-state index contributed by atoms with van der Waals surface area (Å²) in [7, 11) is 4.30. The predicted octanol–water partition coefficient (Wildman–Crippen LogP) is 2.15. The molecular weight excluding hydrogens is 203 g/mol. The molecule has 94 valence electrons. The standard InChI is InChI=1S/C13H25FN2/c1-4-12-5-10(8-15(12)2)6-13-7-11(14)9-16(13)3/h10-13H,4-9H2,1-3H3/t10-,11?,12?,13?/m1/s1. The molecule has 0 aromatic heterocycles. The van der Waals surface area contributed by atoms with Crippen molar-refractivity contribution in [3.8, 4) is 0 Å². The molecule has 0 bridgehead atoms. The summed E-state index contributed by atoms with van der Waals surface area (Å²) >= 11 is 0. The van der Waals surface area contributed by atoms with Gasteiger partial charge in [0.15, 0.2) is 0 Å². The van der Waals surface area contributed by atoms with E-state index in [-0.39, 0.29) is 0 Å². The fourth-order valence-electron chi connectivity index (χ4n) is 3.52. The van der Waals surface area contributed by atoms with Gasteiger partial charge in [0.05, 0.1) is 0 Å². The lowest BCUT2D eigenvalue weighted by molar-refractivity contribution is 0.255. The van der Waals surface area contributed by atoms with E-state index in [1.807, 2.05) is 0 Å². The number of hydrogen-bond donors (Lipinski definition) is 0. The Morgan fingerprint density at radius 2 is 1.75 bits per heavy atom. The quantitative estimate of drug-likeness (QED) is 0.730. The molecule has 2 heterocycles. The minimum atomic E-state index is -0.587. The lowest BCUT2D eigenvalue weighted by Crippen LogP contribution is -2.28. The largest absolute Gasteiger partial charge is 0.303 e. The van der Waals surface area contributed by atoms with E-state index in [0.29, 0.717) is 12.6 Å². The predicted molar refractivity (Wildman–Crippen MR) is 65.4 cm³/mol. The number of nitrogens with zero attached hydrogens (tertiary/aromatic N) is 2. The van der Waals surface area contributed by atoms with Crippen LogP contribution in [-0.2, 0) is 0 Å². The van der Waals surface area contributed by atoms with Crippen molar-refractivity contribution in [3.63, 3.8) is 0 Å². The van der Waals surface area contributed by atoms with Crippen LogP contribution in [-0.4, -0.2) is 55.2 Å². The summed E-state index contributed by atoms with van der Waals surface area (Å²) in [4.78, 5) is 4.69. The molecule has 2 aliphatic heterocycles. The van der Waals surface area contributed by atoms with E-state index in [9.17, 15) is 4.39 Å². The number of likely N-dealkylation sites (tertiary alicyclic amines) is 2. The molecule has 2 rings (SSSR count). The molecule has 0 amide bonds. The highest BCUT2D eigenvalue weighted by molar-refractivity contribution is 4.89. The molecule has 0 aromatic rings. The minimum absolute atomic E-state index is 0.490. The molecule has 2 saturated heterocycles. The molecule has 0 N–H and O–H groups in total. The van der Waals surface area contributed by atoms with Crippen LogP contribution in [0.15, 0.2) is 0 Å². The van der Waals surface area contributed by atoms with Gasteiger partial charge in [-0.2, -0.15) is 0 Å². The van der Waals surface area contributed by atoms with Crippen LogP contribution in [0.3, 0.4) is 0 Å². The third-order valence-corrected chi connectivity index (χ3v) is 4.49. The zero-order valence-electron chi connectivity index (χ0n) is 10.8. The third kappa shape index (κ3) is 2.57. The van der Waals surface area contributed by atoms with Crippen molar-refractivity contribution in [1.29, 1.82) is 0 Å². The Morgan fingerprint density at radius 1 is 1.06 bits per heavy atom. The summed E-state index contributed by atoms with van der Waals surface area (Å²) in [5.41, 5.74) is 0. The Hall–Kier alpha value is -0.150. The molecule has 2 fully saturated rings. The monoisotopic (exact) mass is 228 g/mol. The molecule has 0 saturated carbocycles. The SMILES string of the molecule is CCC1C[C@H](CC2CC(F)CN2C)CN1C. The average molecular weight is 228 g/mol. The summed E-state index contributed by atoms with van der Waals surface area (Å²) in [6, 6.07) is 1.25. The van der Waals surface area contributed by atoms with Gasteiger partial charge < -0.3 is 9.80 Å². The highest BCUT2D eigenvalue weighted by atomic mass is 19.1. The molecule has 3 heteroatoms. The second-order valence-corrected chi connectivity index (χ2v) is 5.77. The van der Waals surface area contributed by atoms with Gasteiger partial charge in [-0.3, -0.25) is 0 Å². The first-order valence-corrected chi connectivity index (χ1v) is 6.64. The fraction of sp³-hybridized carbons (Fsp3) is 1.00. The van der Waals surface area contributed by atoms with E-state index in [2.05, 4.69) is 30.8 Å². The van der Waals surface area contributed by atoms with Gasteiger partial charge in [-0.15, -0.1) is 0 Å². The van der Waals surface area contributed by atoms with Gasteiger partial charge in [-0.05, 0) is 45.7 Å². The van der Waals surface area contributed by atoms with Gasteiger partial charge in [0.1, 0.15) is 6.17 Å². The Labute approximate surface area is 98.8 Å². The van der Waals surface area contributed by atoms with Crippen LogP contribution in [0.5, 0.6) is 0 Å². The van der Waals surface area contributed by atoms with E-state index in [1.165, 1.54) is 25.8 Å². The molecule has 0 spiro atoms. The van der Waals surface area contributed by atoms with Crippen LogP contribution >= 0.6 is 0 Å². The van der Waals surface area contributed by atoms with Crippen molar-refractivity contribution in [2.75, 3.05) is 27.2 Å². The molecule has 2 nitrogen and oxygen atoms in total. The molecule has 3 unspecified atom stereocenters. The number of rotatable bonds is 3. The number of halogens is 1. The van der Waals surface area contributed by atoms with Crippen LogP contribution in [0.4, 0.5) is 4.39 Å². The lowest BCUT2D eigenvalue weighted by Gasteiger charge is -2.22. The molecule has 4 atom stereocenters. The van der Waals surface area contributed by atoms with Crippen molar-refractivity contribution in [2.24, 2.45) is 5.92 Å². The Kier molecular flexibility index (Phi) is 3.85. The van der Waals surface area contributed by atoms with Crippen LogP contribution in [0.1, 0.15) is 32.6 Å². The molecule has 0 radical (unpaired) electrons. The fourth-order valence-corrected chi connectivity index (χ4v) is 3.52. The van der Waals surface area contributed by atoms with Crippen LogP contribution in [0, 0.1) is 5.92 Å².